The van der Waals surface area contributed by atoms with Crippen LogP contribution in [-0.2, 0) is 6.61 Å². The van der Waals surface area contributed by atoms with Crippen molar-refractivity contribution in [1.82, 2.24) is 9.97 Å². The van der Waals surface area contributed by atoms with E-state index in [0.29, 0.717) is 16.6 Å². The molecule has 2 aromatic rings. The van der Waals surface area contributed by atoms with Gasteiger partial charge in [0, 0.05) is 22.8 Å². The van der Waals surface area contributed by atoms with Crippen LogP contribution in [0.25, 0.3) is 0 Å². The van der Waals surface area contributed by atoms with Crippen LogP contribution in [0.1, 0.15) is 18.4 Å². The number of rotatable bonds is 5. The van der Waals surface area contributed by atoms with E-state index in [0.717, 1.165) is 22.5 Å². The Labute approximate surface area is 131 Å². The minimum Gasteiger partial charge on any atom is -0.484 e. The first kappa shape index (κ1) is 15.1. The summed E-state index contributed by atoms with van der Waals surface area (Å²) in [5, 5.41) is 3.72. The summed E-state index contributed by atoms with van der Waals surface area (Å²) in [6.45, 7) is 5.05. The molecule has 0 atom stereocenters. The van der Waals surface area contributed by atoms with E-state index in [4.69, 9.17) is 16.3 Å². The standard InChI is InChI=1S/C14H15BrClN3O/c1-3-17-13-6-9(2)18-14(19-13)8-20-12-5-4-10(15)7-11(12)16/h4-7H,3,8H2,1-2H3,(H,17,18,19). The third-order valence-electron chi connectivity index (χ3n) is 2.51. The smallest absolute Gasteiger partial charge is 0.168 e. The second kappa shape index (κ2) is 6.90. The number of nitrogens with zero attached hydrogens (tertiary/aromatic N) is 2. The highest BCUT2D eigenvalue weighted by molar-refractivity contribution is 9.10. The number of halogens is 2. The van der Waals surface area contributed by atoms with Gasteiger partial charge in [0.2, 0.25) is 0 Å². The molecule has 0 spiro atoms. The van der Waals surface area contributed by atoms with E-state index in [1.165, 1.54) is 0 Å². The Kier molecular flexibility index (Phi) is 5.20. The van der Waals surface area contributed by atoms with Gasteiger partial charge in [0.1, 0.15) is 18.2 Å². The molecule has 0 amide bonds. The zero-order valence-corrected chi connectivity index (χ0v) is 13.6. The van der Waals surface area contributed by atoms with Gasteiger partial charge in [-0.1, -0.05) is 27.5 Å². The number of nitrogens with one attached hydrogen (secondary N) is 1. The van der Waals surface area contributed by atoms with E-state index in [9.17, 15) is 0 Å². The van der Waals surface area contributed by atoms with Crippen LogP contribution in [0, 0.1) is 6.92 Å². The number of ether oxygens (including phenoxy) is 1. The number of hydrogen-bond donors (Lipinski definition) is 1. The SMILES string of the molecule is CCNc1cc(C)nc(COc2ccc(Br)cc2Cl)n1. The Hall–Kier alpha value is -1.33. The molecule has 0 fully saturated rings. The van der Waals surface area contributed by atoms with E-state index in [1.54, 1.807) is 6.07 Å². The molecule has 0 radical (unpaired) electrons. The minimum absolute atomic E-state index is 0.279. The minimum atomic E-state index is 0.279. The van der Waals surface area contributed by atoms with E-state index in [-0.39, 0.29) is 6.61 Å². The summed E-state index contributed by atoms with van der Waals surface area (Å²) < 4.78 is 6.57. The molecule has 4 nitrogen and oxygen atoms in total. The second-order valence-corrected chi connectivity index (χ2v) is 5.53. The van der Waals surface area contributed by atoms with Crippen LogP contribution in [0.3, 0.4) is 0 Å². The van der Waals surface area contributed by atoms with Crippen molar-refractivity contribution in [2.24, 2.45) is 0 Å². The molecule has 0 saturated heterocycles. The lowest BCUT2D eigenvalue weighted by Crippen LogP contribution is -2.07. The quantitative estimate of drug-likeness (QED) is 0.871. The molecule has 2 rings (SSSR count). The van der Waals surface area contributed by atoms with Crippen LogP contribution in [0.4, 0.5) is 5.82 Å². The molecule has 1 heterocycles. The molecule has 6 heteroatoms. The Morgan fingerprint density at radius 1 is 1.30 bits per heavy atom. The average Bonchev–Trinajstić information content (AvgIpc) is 2.37. The highest BCUT2D eigenvalue weighted by Gasteiger charge is 2.06. The summed E-state index contributed by atoms with van der Waals surface area (Å²) in [5.41, 5.74) is 0.899. The van der Waals surface area contributed by atoms with Crippen LogP contribution in [0.2, 0.25) is 5.02 Å². The van der Waals surface area contributed by atoms with Gasteiger partial charge in [0.15, 0.2) is 5.82 Å². The summed E-state index contributed by atoms with van der Waals surface area (Å²) in [6, 6.07) is 7.38. The summed E-state index contributed by atoms with van der Waals surface area (Å²) in [7, 11) is 0. The van der Waals surface area contributed by atoms with Crippen molar-refractivity contribution in [3.05, 3.63) is 45.3 Å². The third-order valence-corrected chi connectivity index (χ3v) is 3.30. The van der Waals surface area contributed by atoms with E-state index in [1.807, 2.05) is 32.0 Å². The molecule has 1 N–H and O–H groups in total. The molecule has 0 unspecified atom stereocenters. The van der Waals surface area contributed by atoms with E-state index < -0.39 is 0 Å². The van der Waals surface area contributed by atoms with Crippen molar-refractivity contribution in [3.8, 4) is 5.75 Å². The van der Waals surface area contributed by atoms with Gasteiger partial charge in [-0.3, -0.25) is 0 Å². The maximum Gasteiger partial charge on any atom is 0.168 e. The van der Waals surface area contributed by atoms with Crippen molar-refractivity contribution in [2.45, 2.75) is 20.5 Å². The lowest BCUT2D eigenvalue weighted by atomic mass is 10.3. The molecule has 1 aromatic carbocycles. The lowest BCUT2D eigenvalue weighted by Gasteiger charge is -2.09. The molecule has 106 valence electrons. The van der Waals surface area contributed by atoms with Gasteiger partial charge in [-0.15, -0.1) is 0 Å². The first-order valence-electron chi connectivity index (χ1n) is 6.24. The van der Waals surface area contributed by atoms with E-state index >= 15 is 0 Å². The molecule has 0 saturated carbocycles. The van der Waals surface area contributed by atoms with Crippen molar-refractivity contribution < 1.29 is 4.74 Å². The number of aryl methyl sites for hydroxylation is 1. The molecular weight excluding hydrogens is 342 g/mol. The predicted octanol–water partition coefficient (Wildman–Crippen LogP) is 4.21. The van der Waals surface area contributed by atoms with Gasteiger partial charge in [-0.05, 0) is 32.0 Å². The van der Waals surface area contributed by atoms with Crippen LogP contribution in [-0.4, -0.2) is 16.5 Å². The highest BCUT2D eigenvalue weighted by atomic mass is 79.9. The van der Waals surface area contributed by atoms with Crippen LogP contribution in [0.15, 0.2) is 28.7 Å². The molecule has 0 aliphatic carbocycles. The summed E-state index contributed by atoms with van der Waals surface area (Å²) in [4.78, 5) is 8.74. The Balaban J connectivity index is 2.10. The van der Waals surface area contributed by atoms with Gasteiger partial charge in [0.05, 0.1) is 5.02 Å². The fourth-order valence-corrected chi connectivity index (χ4v) is 2.43. The first-order chi connectivity index (χ1) is 9.58. The van der Waals surface area contributed by atoms with E-state index in [2.05, 4.69) is 31.2 Å². The third kappa shape index (κ3) is 4.08. The molecule has 0 aliphatic heterocycles. The van der Waals surface area contributed by atoms with Gasteiger partial charge in [-0.2, -0.15) is 0 Å². The summed E-state index contributed by atoms with van der Waals surface area (Å²) >= 11 is 9.46. The largest absolute Gasteiger partial charge is 0.484 e. The van der Waals surface area contributed by atoms with Gasteiger partial charge in [0.25, 0.3) is 0 Å². The van der Waals surface area contributed by atoms with Gasteiger partial charge in [-0.25, -0.2) is 9.97 Å². The Bertz CT molecular complexity index is 607. The summed E-state index contributed by atoms with van der Waals surface area (Å²) in [6.07, 6.45) is 0. The van der Waals surface area contributed by atoms with Crippen LogP contribution >= 0.6 is 27.5 Å². The maximum atomic E-state index is 6.10. The fourth-order valence-electron chi connectivity index (χ4n) is 1.70. The zero-order chi connectivity index (χ0) is 14.5. The van der Waals surface area contributed by atoms with Crippen molar-refractivity contribution >= 4 is 33.3 Å². The van der Waals surface area contributed by atoms with Crippen LogP contribution < -0.4 is 10.1 Å². The van der Waals surface area contributed by atoms with Crippen molar-refractivity contribution in [2.75, 3.05) is 11.9 Å². The lowest BCUT2D eigenvalue weighted by molar-refractivity contribution is 0.296. The Morgan fingerprint density at radius 3 is 2.80 bits per heavy atom. The number of anilines is 1. The maximum absolute atomic E-state index is 6.10. The van der Waals surface area contributed by atoms with Crippen LogP contribution in [0.5, 0.6) is 5.75 Å². The first-order valence-corrected chi connectivity index (χ1v) is 7.42. The topological polar surface area (TPSA) is 47.0 Å². The van der Waals surface area contributed by atoms with Gasteiger partial charge < -0.3 is 10.1 Å². The number of aromatic nitrogens is 2. The number of hydrogen-bond acceptors (Lipinski definition) is 4. The number of benzene rings is 1. The normalized spacial score (nSPS) is 10.4. The van der Waals surface area contributed by atoms with Crippen molar-refractivity contribution in [3.63, 3.8) is 0 Å². The predicted molar refractivity (Wildman–Crippen MR) is 84.4 cm³/mol. The second-order valence-electron chi connectivity index (χ2n) is 4.20. The summed E-state index contributed by atoms with van der Waals surface area (Å²) in [5.74, 6) is 2.05. The molecule has 20 heavy (non-hydrogen) atoms. The van der Waals surface area contributed by atoms with Crippen molar-refractivity contribution in [1.29, 1.82) is 0 Å². The zero-order valence-electron chi connectivity index (χ0n) is 11.3. The molecule has 1 aromatic heterocycles. The fraction of sp³-hybridized carbons (Fsp3) is 0.286. The molecule has 0 aliphatic rings. The molecule has 0 bridgehead atoms. The highest BCUT2D eigenvalue weighted by Crippen LogP contribution is 2.28. The van der Waals surface area contributed by atoms with Gasteiger partial charge >= 0.3 is 0 Å². The molecular formula is C14H15BrClN3O. The Morgan fingerprint density at radius 2 is 2.10 bits per heavy atom. The average molecular weight is 357 g/mol. The monoisotopic (exact) mass is 355 g/mol.